The lowest BCUT2D eigenvalue weighted by Gasteiger charge is -2.27. The van der Waals surface area contributed by atoms with Crippen LogP contribution in [0.4, 0.5) is 5.82 Å². The van der Waals surface area contributed by atoms with Gasteiger partial charge in [-0.2, -0.15) is 0 Å². The van der Waals surface area contributed by atoms with Gasteiger partial charge in [0.1, 0.15) is 0 Å². The van der Waals surface area contributed by atoms with E-state index in [0.29, 0.717) is 11.2 Å². The summed E-state index contributed by atoms with van der Waals surface area (Å²) in [6, 6.07) is 2.60. The second kappa shape index (κ2) is 7.23. The molecule has 4 heterocycles. The zero-order valence-electron chi connectivity index (χ0n) is 14.9. The average Bonchev–Trinajstić information content (AvgIpc) is 3.33. The molecule has 3 fully saturated rings. The number of hydrogen-bond acceptors (Lipinski definition) is 6. The summed E-state index contributed by atoms with van der Waals surface area (Å²) in [5.74, 6) is 3.39. The van der Waals surface area contributed by atoms with Gasteiger partial charge in [-0.25, -0.2) is 0 Å². The monoisotopic (exact) mass is 392 g/mol. The van der Waals surface area contributed by atoms with E-state index < -0.39 is 0 Å². The highest BCUT2D eigenvalue weighted by Crippen LogP contribution is 2.40. The zero-order valence-corrected chi connectivity index (χ0v) is 16.4. The highest BCUT2D eigenvalue weighted by molar-refractivity contribution is 7.17. The van der Waals surface area contributed by atoms with Crippen LogP contribution in [0.3, 0.4) is 0 Å². The Bertz CT molecular complexity index is 764. The van der Waals surface area contributed by atoms with E-state index in [1.807, 2.05) is 0 Å². The zero-order chi connectivity index (χ0) is 17.5. The molecule has 3 aliphatic rings. The molecule has 0 aromatic carbocycles. The number of halogens is 1. The van der Waals surface area contributed by atoms with Gasteiger partial charge in [-0.3, -0.25) is 0 Å². The highest BCUT2D eigenvalue weighted by Gasteiger charge is 2.41. The molecule has 5 nitrogen and oxygen atoms in total. The number of ether oxygens (including phenoxy) is 1. The van der Waals surface area contributed by atoms with Crippen LogP contribution in [0.2, 0.25) is 5.15 Å². The first-order valence-corrected chi connectivity index (χ1v) is 11.0. The van der Waals surface area contributed by atoms with Crippen molar-refractivity contribution < 1.29 is 4.74 Å². The first-order chi connectivity index (χ1) is 12.8. The molecule has 2 aromatic rings. The summed E-state index contributed by atoms with van der Waals surface area (Å²) >= 11 is 7.79. The van der Waals surface area contributed by atoms with E-state index in [-0.39, 0.29) is 0 Å². The molecule has 7 heteroatoms. The largest absolute Gasteiger partial charge is 0.381 e. The number of thiophene rings is 1. The van der Waals surface area contributed by atoms with Gasteiger partial charge in [0.25, 0.3) is 0 Å². The Labute approximate surface area is 163 Å². The Morgan fingerprint density at radius 1 is 1.19 bits per heavy atom. The molecule has 1 aliphatic carbocycles. The van der Waals surface area contributed by atoms with E-state index in [4.69, 9.17) is 16.3 Å². The average molecular weight is 393 g/mol. The summed E-state index contributed by atoms with van der Waals surface area (Å²) in [4.78, 5) is 2.71. The fourth-order valence-electron chi connectivity index (χ4n) is 5.11. The number of nitrogens with zero attached hydrogens (tertiary/aromatic N) is 3. The van der Waals surface area contributed by atoms with Gasteiger partial charge in [0.15, 0.2) is 11.0 Å². The molecule has 26 heavy (non-hydrogen) atoms. The summed E-state index contributed by atoms with van der Waals surface area (Å²) in [6.07, 6.45) is 4.96. The van der Waals surface area contributed by atoms with E-state index in [2.05, 4.69) is 31.9 Å². The van der Waals surface area contributed by atoms with Crippen molar-refractivity contribution in [3.63, 3.8) is 0 Å². The first-order valence-electron chi connectivity index (χ1n) is 9.72. The van der Waals surface area contributed by atoms with Crippen molar-refractivity contribution in [2.24, 2.45) is 17.8 Å². The normalized spacial score (nSPS) is 30.1. The maximum atomic E-state index is 6.16. The molecular weight excluding hydrogens is 368 g/mol. The standard InChI is InChI=1S/C19H25ClN4OS/c20-18-17-16(3-6-26-17)19(23-22-18)21-15-7-13-10-24(11-14(13)8-15)9-12-1-4-25-5-2-12/h3,6,12-15H,1-2,4-5,7-11H2,(H,21,23)/t13-,14+,15?. The van der Waals surface area contributed by atoms with Gasteiger partial charge in [0.2, 0.25) is 0 Å². The molecule has 1 saturated carbocycles. The second-order valence-electron chi connectivity index (χ2n) is 8.11. The Hall–Kier alpha value is -0.950. The van der Waals surface area contributed by atoms with Crippen LogP contribution in [0, 0.1) is 17.8 Å². The molecule has 5 rings (SSSR count). The van der Waals surface area contributed by atoms with E-state index in [0.717, 1.165) is 46.9 Å². The highest BCUT2D eigenvalue weighted by atomic mass is 35.5. The molecule has 3 atom stereocenters. The molecule has 0 bridgehead atoms. The number of fused-ring (bicyclic) bond motifs is 2. The molecule has 2 aliphatic heterocycles. The number of rotatable bonds is 4. The van der Waals surface area contributed by atoms with Gasteiger partial charge < -0.3 is 15.0 Å². The SMILES string of the molecule is Clc1nnc(NC2C[C@@H]3CN(CC4CCOCC4)C[C@@H]3C2)c2ccsc12. The predicted molar refractivity (Wildman–Crippen MR) is 106 cm³/mol. The van der Waals surface area contributed by atoms with Crippen molar-refractivity contribution in [3.8, 4) is 0 Å². The van der Waals surface area contributed by atoms with E-state index in [1.54, 1.807) is 11.3 Å². The Balaban J connectivity index is 1.19. The maximum absolute atomic E-state index is 6.16. The quantitative estimate of drug-likeness (QED) is 0.855. The molecule has 1 unspecified atom stereocenters. The van der Waals surface area contributed by atoms with Crippen molar-refractivity contribution in [3.05, 3.63) is 16.6 Å². The van der Waals surface area contributed by atoms with Crippen LogP contribution in [0.15, 0.2) is 11.4 Å². The van der Waals surface area contributed by atoms with Gasteiger partial charge in [0.05, 0.1) is 4.70 Å². The fourth-order valence-corrected chi connectivity index (χ4v) is 6.15. The number of aromatic nitrogens is 2. The minimum atomic E-state index is 0.507. The molecular formula is C19H25ClN4OS. The minimum absolute atomic E-state index is 0.507. The van der Waals surface area contributed by atoms with Gasteiger partial charge in [-0.15, -0.1) is 21.5 Å². The van der Waals surface area contributed by atoms with Crippen LogP contribution >= 0.6 is 22.9 Å². The summed E-state index contributed by atoms with van der Waals surface area (Å²) < 4.78 is 6.53. The van der Waals surface area contributed by atoms with Gasteiger partial charge in [0, 0.05) is 44.3 Å². The van der Waals surface area contributed by atoms with Crippen LogP contribution in [0.5, 0.6) is 0 Å². The number of anilines is 1. The van der Waals surface area contributed by atoms with Crippen molar-refractivity contribution in [1.82, 2.24) is 15.1 Å². The predicted octanol–water partition coefficient (Wildman–Crippen LogP) is 3.89. The smallest absolute Gasteiger partial charge is 0.169 e. The van der Waals surface area contributed by atoms with Crippen molar-refractivity contribution in [2.45, 2.75) is 31.7 Å². The molecule has 140 valence electrons. The lowest BCUT2D eigenvalue weighted by molar-refractivity contribution is 0.0545. The van der Waals surface area contributed by atoms with Crippen LogP contribution < -0.4 is 5.32 Å². The van der Waals surface area contributed by atoms with Crippen molar-refractivity contribution >= 4 is 38.8 Å². The number of hydrogen-bond donors (Lipinski definition) is 1. The molecule has 1 N–H and O–H groups in total. The van der Waals surface area contributed by atoms with E-state index >= 15 is 0 Å². The van der Waals surface area contributed by atoms with Gasteiger partial charge in [-0.05, 0) is 54.9 Å². The van der Waals surface area contributed by atoms with Crippen LogP contribution in [0.25, 0.3) is 10.1 Å². The third-order valence-electron chi connectivity index (χ3n) is 6.37. The van der Waals surface area contributed by atoms with Crippen LogP contribution in [-0.2, 0) is 4.74 Å². The van der Waals surface area contributed by atoms with E-state index in [1.165, 1.54) is 45.3 Å². The van der Waals surface area contributed by atoms with E-state index in [9.17, 15) is 0 Å². The molecule has 0 spiro atoms. The number of nitrogens with one attached hydrogen (secondary N) is 1. The molecule has 2 saturated heterocycles. The fraction of sp³-hybridized carbons (Fsp3) is 0.684. The molecule has 0 amide bonds. The summed E-state index contributed by atoms with van der Waals surface area (Å²) in [7, 11) is 0. The Kier molecular flexibility index (Phi) is 4.77. The maximum Gasteiger partial charge on any atom is 0.169 e. The second-order valence-corrected chi connectivity index (χ2v) is 9.38. The summed E-state index contributed by atoms with van der Waals surface area (Å²) in [6.45, 7) is 5.71. The third kappa shape index (κ3) is 3.33. The minimum Gasteiger partial charge on any atom is -0.381 e. The van der Waals surface area contributed by atoms with Crippen LogP contribution in [0.1, 0.15) is 25.7 Å². The third-order valence-corrected chi connectivity index (χ3v) is 7.67. The summed E-state index contributed by atoms with van der Waals surface area (Å²) in [5.41, 5.74) is 0. The Morgan fingerprint density at radius 3 is 2.73 bits per heavy atom. The lowest BCUT2D eigenvalue weighted by Crippen LogP contribution is -2.32. The van der Waals surface area contributed by atoms with Crippen LogP contribution in [-0.4, -0.2) is 54.0 Å². The van der Waals surface area contributed by atoms with Crippen molar-refractivity contribution in [1.29, 1.82) is 0 Å². The number of likely N-dealkylation sites (tertiary alicyclic amines) is 1. The topological polar surface area (TPSA) is 50.3 Å². The van der Waals surface area contributed by atoms with Gasteiger partial charge in [-0.1, -0.05) is 11.6 Å². The molecule has 0 radical (unpaired) electrons. The molecule has 2 aromatic heterocycles. The lowest BCUT2D eigenvalue weighted by atomic mass is 10.00. The Morgan fingerprint density at radius 2 is 1.96 bits per heavy atom. The first kappa shape index (κ1) is 17.2. The van der Waals surface area contributed by atoms with Gasteiger partial charge >= 0.3 is 0 Å². The van der Waals surface area contributed by atoms with Crippen molar-refractivity contribution in [2.75, 3.05) is 38.2 Å². The summed E-state index contributed by atoms with van der Waals surface area (Å²) in [5, 5.41) is 15.8.